The van der Waals surface area contributed by atoms with Gasteiger partial charge >= 0.3 is 0 Å². The zero-order valence-corrected chi connectivity index (χ0v) is 19.7. The molecule has 0 aliphatic rings. The molecule has 0 spiro atoms. The highest BCUT2D eigenvalue weighted by molar-refractivity contribution is 7.89. The van der Waals surface area contributed by atoms with E-state index < -0.39 is 27.9 Å². The lowest BCUT2D eigenvalue weighted by molar-refractivity contribution is -0.128. The molecule has 9 nitrogen and oxygen atoms in total. The standard InChI is InChI=1S/C24H27N3O6S/c1-17(2)23(27-22(28)16-33-19-9-4-3-5-10-19)24(29)26-18-8-6-12-21(14-18)34(30,31)25-15-20-11-7-13-32-20/h3-14,17,23,25H,15-16H2,1-2H3,(H,26,29)(H,27,28)/t23-/m0/s1. The van der Waals surface area contributed by atoms with E-state index in [1.807, 2.05) is 6.07 Å². The van der Waals surface area contributed by atoms with Crippen LogP contribution in [0.25, 0.3) is 0 Å². The molecule has 1 atom stereocenters. The number of benzene rings is 2. The van der Waals surface area contributed by atoms with Crippen molar-refractivity contribution in [2.45, 2.75) is 31.3 Å². The number of hydrogen-bond acceptors (Lipinski definition) is 6. The molecule has 1 aromatic heterocycles. The number of nitrogens with one attached hydrogen (secondary N) is 3. The van der Waals surface area contributed by atoms with Crippen LogP contribution in [0.15, 0.2) is 82.3 Å². The third-order valence-corrected chi connectivity index (χ3v) is 6.21. The average molecular weight is 486 g/mol. The number of carbonyl (C=O) groups is 2. The molecular formula is C24H27N3O6S. The van der Waals surface area contributed by atoms with E-state index in [1.54, 1.807) is 56.3 Å². The number of sulfonamides is 1. The third kappa shape index (κ3) is 7.19. The Morgan fingerprint density at radius 3 is 2.44 bits per heavy atom. The minimum Gasteiger partial charge on any atom is -0.484 e. The fourth-order valence-corrected chi connectivity index (χ4v) is 4.08. The quantitative estimate of drug-likeness (QED) is 0.383. The van der Waals surface area contributed by atoms with Gasteiger partial charge in [-0.1, -0.05) is 38.1 Å². The summed E-state index contributed by atoms with van der Waals surface area (Å²) < 4.78 is 38.2. The van der Waals surface area contributed by atoms with Crippen molar-refractivity contribution in [1.29, 1.82) is 0 Å². The van der Waals surface area contributed by atoms with Gasteiger partial charge in [0.05, 0.1) is 17.7 Å². The second-order valence-electron chi connectivity index (χ2n) is 7.81. The smallest absolute Gasteiger partial charge is 0.258 e. The maximum atomic E-state index is 12.9. The van der Waals surface area contributed by atoms with Crippen LogP contribution in [0, 0.1) is 5.92 Å². The maximum absolute atomic E-state index is 12.9. The van der Waals surface area contributed by atoms with Crippen molar-refractivity contribution in [1.82, 2.24) is 10.0 Å². The minimum atomic E-state index is -3.83. The van der Waals surface area contributed by atoms with E-state index in [1.165, 1.54) is 24.5 Å². The topological polar surface area (TPSA) is 127 Å². The molecule has 3 aromatic rings. The first-order chi connectivity index (χ1) is 16.2. The van der Waals surface area contributed by atoms with E-state index in [9.17, 15) is 18.0 Å². The molecule has 34 heavy (non-hydrogen) atoms. The molecule has 1 heterocycles. The van der Waals surface area contributed by atoms with Gasteiger partial charge in [-0.05, 0) is 48.4 Å². The van der Waals surface area contributed by atoms with Crippen LogP contribution in [0.4, 0.5) is 5.69 Å². The van der Waals surface area contributed by atoms with Gasteiger partial charge in [0, 0.05) is 5.69 Å². The molecule has 180 valence electrons. The largest absolute Gasteiger partial charge is 0.484 e. The Labute approximate surface area is 198 Å². The molecule has 0 saturated heterocycles. The van der Waals surface area contributed by atoms with Crippen LogP contribution in [0.5, 0.6) is 5.75 Å². The fraction of sp³-hybridized carbons (Fsp3) is 0.250. The summed E-state index contributed by atoms with van der Waals surface area (Å²) in [5, 5.41) is 5.35. The van der Waals surface area contributed by atoms with Crippen molar-refractivity contribution in [3.05, 3.63) is 78.8 Å². The molecule has 0 aliphatic heterocycles. The number of rotatable bonds is 11. The lowest BCUT2D eigenvalue weighted by Gasteiger charge is -2.22. The Morgan fingerprint density at radius 1 is 1.00 bits per heavy atom. The molecule has 3 rings (SSSR count). The van der Waals surface area contributed by atoms with Gasteiger partial charge in [-0.3, -0.25) is 9.59 Å². The summed E-state index contributed by atoms with van der Waals surface area (Å²) in [5.74, 6) is -0.124. The summed E-state index contributed by atoms with van der Waals surface area (Å²) in [7, 11) is -3.83. The van der Waals surface area contributed by atoms with Crippen molar-refractivity contribution < 1.29 is 27.2 Å². The first-order valence-electron chi connectivity index (χ1n) is 10.6. The van der Waals surface area contributed by atoms with E-state index in [0.717, 1.165) is 0 Å². The van der Waals surface area contributed by atoms with Crippen LogP contribution in [0.2, 0.25) is 0 Å². The number of amides is 2. The highest BCUT2D eigenvalue weighted by atomic mass is 32.2. The molecular weight excluding hydrogens is 458 g/mol. The Balaban J connectivity index is 1.61. The van der Waals surface area contributed by atoms with Gasteiger partial charge in [0.25, 0.3) is 5.91 Å². The number of anilines is 1. The lowest BCUT2D eigenvalue weighted by Crippen LogP contribution is -2.48. The molecule has 10 heteroatoms. The van der Waals surface area contributed by atoms with Gasteiger partial charge < -0.3 is 19.8 Å². The van der Waals surface area contributed by atoms with Gasteiger partial charge in [-0.15, -0.1) is 0 Å². The molecule has 0 unspecified atom stereocenters. The second kappa shape index (κ2) is 11.5. The van der Waals surface area contributed by atoms with E-state index in [2.05, 4.69) is 15.4 Å². The second-order valence-corrected chi connectivity index (χ2v) is 9.58. The number of hydrogen-bond donors (Lipinski definition) is 3. The third-order valence-electron chi connectivity index (χ3n) is 4.81. The molecule has 2 amide bonds. The van der Waals surface area contributed by atoms with Gasteiger partial charge in [0.2, 0.25) is 15.9 Å². The van der Waals surface area contributed by atoms with Crippen molar-refractivity contribution in [3.63, 3.8) is 0 Å². The zero-order valence-electron chi connectivity index (χ0n) is 18.9. The van der Waals surface area contributed by atoms with E-state index in [4.69, 9.17) is 9.15 Å². The SMILES string of the molecule is CC(C)[C@H](NC(=O)COc1ccccc1)C(=O)Nc1cccc(S(=O)(=O)NCc2ccco2)c1. The van der Waals surface area contributed by atoms with Crippen LogP contribution in [-0.2, 0) is 26.2 Å². The monoisotopic (exact) mass is 485 g/mol. The Morgan fingerprint density at radius 2 is 1.76 bits per heavy atom. The van der Waals surface area contributed by atoms with Crippen LogP contribution in [-0.4, -0.2) is 32.9 Å². The van der Waals surface area contributed by atoms with Crippen LogP contribution in [0.3, 0.4) is 0 Å². The molecule has 2 aromatic carbocycles. The van der Waals surface area contributed by atoms with Gasteiger partial charge in [0.15, 0.2) is 6.61 Å². The first kappa shape index (κ1) is 25.0. The van der Waals surface area contributed by atoms with Crippen molar-refractivity contribution in [3.8, 4) is 5.75 Å². The summed E-state index contributed by atoms with van der Waals surface area (Å²) in [6, 6.07) is 17.2. The van der Waals surface area contributed by atoms with Crippen molar-refractivity contribution >= 4 is 27.5 Å². The highest BCUT2D eigenvalue weighted by Crippen LogP contribution is 2.17. The van der Waals surface area contributed by atoms with Crippen LogP contribution >= 0.6 is 0 Å². The Bertz CT molecular complexity index is 1190. The van der Waals surface area contributed by atoms with Crippen molar-refractivity contribution in [2.24, 2.45) is 5.92 Å². The molecule has 0 aliphatic carbocycles. The van der Waals surface area contributed by atoms with Gasteiger partial charge in [-0.2, -0.15) is 0 Å². The molecule has 0 radical (unpaired) electrons. The number of furan rings is 1. The first-order valence-corrected chi connectivity index (χ1v) is 12.1. The summed E-state index contributed by atoms with van der Waals surface area (Å²) >= 11 is 0. The predicted octanol–water partition coefficient (Wildman–Crippen LogP) is 2.92. The van der Waals surface area contributed by atoms with E-state index in [0.29, 0.717) is 11.5 Å². The van der Waals surface area contributed by atoms with Crippen molar-refractivity contribution in [2.75, 3.05) is 11.9 Å². The summed E-state index contributed by atoms with van der Waals surface area (Å²) in [6.45, 7) is 3.35. The summed E-state index contributed by atoms with van der Waals surface area (Å²) in [6.07, 6.45) is 1.46. The lowest BCUT2D eigenvalue weighted by atomic mass is 10.0. The fourth-order valence-electron chi connectivity index (χ4n) is 3.04. The molecule has 0 fully saturated rings. The number of para-hydroxylation sites is 1. The molecule has 3 N–H and O–H groups in total. The average Bonchev–Trinajstić information content (AvgIpc) is 3.34. The normalized spacial score (nSPS) is 12.2. The molecule has 0 saturated carbocycles. The zero-order chi connectivity index (χ0) is 24.6. The van der Waals surface area contributed by atoms with Gasteiger partial charge in [-0.25, -0.2) is 13.1 Å². The Kier molecular flexibility index (Phi) is 8.44. The van der Waals surface area contributed by atoms with E-state index in [-0.39, 0.29) is 29.7 Å². The predicted molar refractivity (Wildman–Crippen MR) is 127 cm³/mol. The number of carbonyl (C=O) groups excluding carboxylic acids is 2. The Hall–Kier alpha value is -3.63. The molecule has 0 bridgehead atoms. The van der Waals surface area contributed by atoms with Crippen LogP contribution < -0.4 is 20.1 Å². The summed E-state index contributed by atoms with van der Waals surface area (Å²) in [4.78, 5) is 25.2. The number of ether oxygens (including phenoxy) is 1. The van der Waals surface area contributed by atoms with Gasteiger partial charge in [0.1, 0.15) is 17.6 Å². The summed E-state index contributed by atoms with van der Waals surface area (Å²) in [5.41, 5.74) is 0.284. The van der Waals surface area contributed by atoms with E-state index >= 15 is 0 Å². The van der Waals surface area contributed by atoms with Crippen LogP contribution in [0.1, 0.15) is 19.6 Å². The minimum absolute atomic E-state index is 0.00156. The maximum Gasteiger partial charge on any atom is 0.258 e. The highest BCUT2D eigenvalue weighted by Gasteiger charge is 2.25.